The molecule has 1 aromatic heterocycles. The largest absolute Gasteiger partial charge is 0.336 e. The van der Waals surface area contributed by atoms with Gasteiger partial charge in [-0.15, -0.1) is 0 Å². The molecule has 0 fully saturated rings. The summed E-state index contributed by atoms with van der Waals surface area (Å²) in [6, 6.07) is 13.7. The highest BCUT2D eigenvalue weighted by Gasteiger charge is 2.20. The van der Waals surface area contributed by atoms with Crippen LogP contribution in [0.15, 0.2) is 52.4 Å². The number of aromatic nitrogens is 2. The van der Waals surface area contributed by atoms with E-state index in [-0.39, 0.29) is 0 Å². The molecule has 0 saturated carbocycles. The lowest BCUT2D eigenvalue weighted by atomic mass is 10.3. The minimum atomic E-state index is 0.700. The second-order valence-electron chi connectivity index (χ2n) is 4.21. The first kappa shape index (κ1) is 11.1. The van der Waals surface area contributed by atoms with Crippen LogP contribution in [0.25, 0.3) is 11.0 Å². The molecule has 1 N–H and O–H groups in total. The molecular weight excluding hydrogens is 278 g/mol. The molecule has 1 aliphatic heterocycles. The van der Waals surface area contributed by atoms with Crippen LogP contribution in [-0.2, 0) is 0 Å². The Morgan fingerprint density at radius 1 is 0.947 bits per heavy atom. The fourth-order valence-corrected chi connectivity index (χ4v) is 3.30. The van der Waals surface area contributed by atoms with Crippen molar-refractivity contribution in [2.45, 2.75) is 9.92 Å². The third-order valence-corrected chi connectivity index (χ3v) is 4.32. The van der Waals surface area contributed by atoms with Gasteiger partial charge < -0.3 is 5.32 Å². The average molecular weight is 286 g/mol. The zero-order chi connectivity index (χ0) is 12.8. The molecule has 92 valence electrons. The highest BCUT2D eigenvalue weighted by molar-refractivity contribution is 7.99. The first-order valence-electron chi connectivity index (χ1n) is 5.81. The molecule has 3 aromatic rings. The zero-order valence-electron chi connectivity index (χ0n) is 9.72. The van der Waals surface area contributed by atoms with Crippen LogP contribution in [0.1, 0.15) is 0 Å². The molecule has 4 rings (SSSR count). The number of anilines is 2. The number of hydrogen-bond donors (Lipinski definition) is 1. The Morgan fingerprint density at radius 2 is 1.74 bits per heavy atom. The van der Waals surface area contributed by atoms with Crippen LogP contribution >= 0.6 is 23.4 Å². The van der Waals surface area contributed by atoms with Gasteiger partial charge in [0.2, 0.25) is 0 Å². The molecule has 2 aromatic carbocycles. The summed E-state index contributed by atoms with van der Waals surface area (Å²) >= 11 is 7.79. The molecule has 0 radical (unpaired) electrons. The van der Waals surface area contributed by atoms with Crippen molar-refractivity contribution in [3.05, 3.63) is 47.5 Å². The molecule has 2 heterocycles. The summed E-state index contributed by atoms with van der Waals surface area (Å²) in [5.41, 5.74) is 2.69. The van der Waals surface area contributed by atoms with Crippen LogP contribution in [0.5, 0.6) is 0 Å². The third kappa shape index (κ3) is 1.76. The summed E-state index contributed by atoms with van der Waals surface area (Å²) in [5, 5.41) is 4.86. The molecule has 0 aliphatic carbocycles. The highest BCUT2D eigenvalue weighted by atomic mass is 35.5. The number of hydrogen-bond acceptors (Lipinski definition) is 4. The quantitative estimate of drug-likeness (QED) is 0.516. The summed E-state index contributed by atoms with van der Waals surface area (Å²) in [5.74, 6) is 0.768. The van der Waals surface area contributed by atoms with Crippen LogP contribution in [0, 0.1) is 0 Å². The van der Waals surface area contributed by atoms with Gasteiger partial charge in [0.05, 0.1) is 21.7 Å². The van der Waals surface area contributed by atoms with Crippen molar-refractivity contribution < 1.29 is 0 Å². The van der Waals surface area contributed by atoms with Crippen molar-refractivity contribution >= 4 is 45.9 Å². The van der Waals surface area contributed by atoms with Crippen molar-refractivity contribution in [3.8, 4) is 0 Å². The van der Waals surface area contributed by atoms with Gasteiger partial charge in [0.1, 0.15) is 5.03 Å². The number of halogens is 1. The fraction of sp³-hybridized carbons (Fsp3) is 0. The molecule has 0 unspecified atom stereocenters. The maximum Gasteiger partial charge on any atom is 0.164 e. The zero-order valence-corrected chi connectivity index (χ0v) is 11.3. The summed E-state index contributed by atoms with van der Waals surface area (Å²) in [6.45, 7) is 0. The van der Waals surface area contributed by atoms with E-state index < -0.39 is 0 Å². The molecule has 19 heavy (non-hydrogen) atoms. The molecule has 0 amide bonds. The van der Waals surface area contributed by atoms with E-state index in [0.29, 0.717) is 5.02 Å². The maximum absolute atomic E-state index is 6.20. The predicted molar refractivity (Wildman–Crippen MR) is 78.4 cm³/mol. The van der Waals surface area contributed by atoms with Gasteiger partial charge >= 0.3 is 0 Å². The second-order valence-corrected chi connectivity index (χ2v) is 5.64. The number of para-hydroxylation sites is 3. The van der Waals surface area contributed by atoms with Gasteiger partial charge in [-0.2, -0.15) is 0 Å². The Labute approximate surface area is 119 Å². The summed E-state index contributed by atoms with van der Waals surface area (Å²) in [4.78, 5) is 10.3. The first-order chi connectivity index (χ1) is 9.31. The SMILES string of the molecule is Clc1cccc2c1Nc1nc3ccccc3nc1S2. The maximum atomic E-state index is 6.20. The molecular formula is C14H8ClN3S. The van der Waals surface area contributed by atoms with Gasteiger partial charge in [0.25, 0.3) is 0 Å². The van der Waals surface area contributed by atoms with E-state index >= 15 is 0 Å². The standard InChI is InChI=1S/C14H8ClN3S/c15-8-4-3-7-11-12(8)18-13-14(19-11)17-10-6-2-1-5-9(10)16-13/h1-7H,(H,16,18). The molecule has 3 nitrogen and oxygen atoms in total. The van der Waals surface area contributed by atoms with E-state index in [1.54, 1.807) is 11.8 Å². The summed E-state index contributed by atoms with van der Waals surface area (Å²) < 4.78 is 0. The van der Waals surface area contributed by atoms with Crippen molar-refractivity contribution in [2.24, 2.45) is 0 Å². The average Bonchev–Trinajstić information content (AvgIpc) is 2.44. The van der Waals surface area contributed by atoms with E-state index in [9.17, 15) is 0 Å². The molecule has 5 heteroatoms. The molecule has 0 spiro atoms. The van der Waals surface area contributed by atoms with Crippen molar-refractivity contribution in [1.82, 2.24) is 9.97 Å². The van der Waals surface area contributed by atoms with E-state index in [1.807, 2.05) is 42.5 Å². The lowest BCUT2D eigenvalue weighted by Gasteiger charge is -2.20. The number of nitrogens with zero attached hydrogens (tertiary/aromatic N) is 2. The van der Waals surface area contributed by atoms with Crippen LogP contribution in [0.4, 0.5) is 11.5 Å². The highest BCUT2D eigenvalue weighted by Crippen LogP contribution is 2.45. The Bertz CT molecular complexity index is 804. The smallest absolute Gasteiger partial charge is 0.164 e. The second kappa shape index (κ2) is 4.11. The molecule has 1 aliphatic rings. The van der Waals surface area contributed by atoms with E-state index in [2.05, 4.69) is 15.3 Å². The number of nitrogens with one attached hydrogen (secondary N) is 1. The van der Waals surface area contributed by atoms with Gasteiger partial charge in [-0.1, -0.05) is 41.6 Å². The monoisotopic (exact) mass is 285 g/mol. The number of rotatable bonds is 0. The van der Waals surface area contributed by atoms with E-state index in [4.69, 9.17) is 11.6 Å². The number of fused-ring (bicyclic) bond motifs is 3. The predicted octanol–water partition coefficient (Wildman–Crippen LogP) is 4.49. The van der Waals surface area contributed by atoms with Crippen LogP contribution in [-0.4, -0.2) is 9.97 Å². The van der Waals surface area contributed by atoms with Crippen LogP contribution < -0.4 is 5.32 Å². The van der Waals surface area contributed by atoms with Gasteiger partial charge in [-0.25, -0.2) is 9.97 Å². The van der Waals surface area contributed by atoms with Gasteiger partial charge in [-0.3, -0.25) is 0 Å². The van der Waals surface area contributed by atoms with Crippen LogP contribution in [0.3, 0.4) is 0 Å². The minimum absolute atomic E-state index is 0.700. The van der Waals surface area contributed by atoms with Crippen molar-refractivity contribution in [3.63, 3.8) is 0 Å². The molecule has 0 atom stereocenters. The Morgan fingerprint density at radius 3 is 2.58 bits per heavy atom. The van der Waals surface area contributed by atoms with Gasteiger partial charge in [0.15, 0.2) is 5.82 Å². The fourth-order valence-electron chi connectivity index (χ4n) is 2.07. The Hall–Kier alpha value is -1.78. The lowest BCUT2D eigenvalue weighted by molar-refractivity contribution is 1.10. The molecule has 0 saturated heterocycles. The number of benzene rings is 2. The summed E-state index contributed by atoms with van der Waals surface area (Å²) in [7, 11) is 0. The topological polar surface area (TPSA) is 37.8 Å². The lowest BCUT2D eigenvalue weighted by Crippen LogP contribution is -2.04. The van der Waals surface area contributed by atoms with Gasteiger partial charge in [0, 0.05) is 4.90 Å². The van der Waals surface area contributed by atoms with Gasteiger partial charge in [-0.05, 0) is 24.3 Å². The van der Waals surface area contributed by atoms with E-state index in [0.717, 1.165) is 32.5 Å². The molecule has 0 bridgehead atoms. The van der Waals surface area contributed by atoms with E-state index in [1.165, 1.54) is 0 Å². The van der Waals surface area contributed by atoms with Crippen LogP contribution in [0.2, 0.25) is 5.02 Å². The minimum Gasteiger partial charge on any atom is -0.336 e. The van der Waals surface area contributed by atoms with Crippen molar-refractivity contribution in [1.29, 1.82) is 0 Å². The third-order valence-electron chi connectivity index (χ3n) is 2.96. The Balaban J connectivity index is 1.93. The summed E-state index contributed by atoms with van der Waals surface area (Å²) in [6.07, 6.45) is 0. The normalized spacial score (nSPS) is 12.7. The Kier molecular flexibility index (Phi) is 2.40. The van der Waals surface area contributed by atoms with Crippen molar-refractivity contribution in [2.75, 3.05) is 5.32 Å². The first-order valence-corrected chi connectivity index (χ1v) is 7.01.